The molecule has 0 saturated carbocycles. The molecule has 1 aromatic heterocycles. The molecule has 0 aliphatic carbocycles. The zero-order valence-corrected chi connectivity index (χ0v) is 14.8. The van der Waals surface area contributed by atoms with Gasteiger partial charge >= 0.3 is 13.3 Å². The van der Waals surface area contributed by atoms with Crippen LogP contribution < -0.4 is 5.73 Å². The standard InChI is InChI=1S/C15H20BF3N2O2S/c1-13(2)14(3,4)23-16(22-13)10(8-24)7-9-5-6-11(20)21-12(9)15(17,18)19/h5-7,24H,8H2,1-4H3,(H2,20,21). The van der Waals surface area contributed by atoms with E-state index < -0.39 is 30.2 Å². The number of anilines is 1. The van der Waals surface area contributed by atoms with E-state index in [0.29, 0.717) is 5.47 Å². The average Bonchev–Trinajstić information content (AvgIpc) is 2.64. The molecule has 0 radical (unpaired) electrons. The number of pyridine rings is 1. The second-order valence-electron chi connectivity index (χ2n) is 6.64. The van der Waals surface area contributed by atoms with E-state index in [1.54, 1.807) is 0 Å². The van der Waals surface area contributed by atoms with Crippen LogP contribution in [0.15, 0.2) is 17.6 Å². The van der Waals surface area contributed by atoms with Gasteiger partial charge in [-0.2, -0.15) is 25.8 Å². The number of hydrogen-bond donors (Lipinski definition) is 2. The highest BCUT2D eigenvalue weighted by atomic mass is 32.1. The largest absolute Gasteiger partial charge is 0.491 e. The second-order valence-corrected chi connectivity index (χ2v) is 6.95. The van der Waals surface area contributed by atoms with Crippen molar-refractivity contribution in [1.29, 1.82) is 0 Å². The lowest BCUT2D eigenvalue weighted by Gasteiger charge is -2.32. The van der Waals surface area contributed by atoms with Crippen molar-refractivity contribution in [3.8, 4) is 0 Å². The molecule has 1 saturated heterocycles. The van der Waals surface area contributed by atoms with Gasteiger partial charge in [-0.15, -0.1) is 0 Å². The molecule has 24 heavy (non-hydrogen) atoms. The van der Waals surface area contributed by atoms with Crippen LogP contribution in [-0.4, -0.2) is 29.1 Å². The molecule has 0 bridgehead atoms. The molecule has 132 valence electrons. The van der Waals surface area contributed by atoms with Crippen LogP contribution in [0.2, 0.25) is 0 Å². The predicted molar refractivity (Wildman–Crippen MR) is 91.6 cm³/mol. The van der Waals surface area contributed by atoms with E-state index in [0.717, 1.165) is 0 Å². The first-order valence-electron chi connectivity index (χ1n) is 7.38. The molecule has 0 unspecified atom stereocenters. The van der Waals surface area contributed by atoms with Crippen LogP contribution in [-0.2, 0) is 15.5 Å². The molecule has 0 aromatic carbocycles. The van der Waals surface area contributed by atoms with Crippen molar-refractivity contribution in [3.63, 3.8) is 0 Å². The molecule has 1 aliphatic rings. The van der Waals surface area contributed by atoms with E-state index in [2.05, 4.69) is 17.6 Å². The lowest BCUT2D eigenvalue weighted by molar-refractivity contribution is -0.141. The van der Waals surface area contributed by atoms with Gasteiger partial charge in [0.1, 0.15) is 5.82 Å². The van der Waals surface area contributed by atoms with E-state index in [1.165, 1.54) is 18.2 Å². The highest BCUT2D eigenvalue weighted by Gasteiger charge is 2.52. The molecular weight excluding hydrogens is 340 g/mol. The van der Waals surface area contributed by atoms with Crippen LogP contribution in [0.3, 0.4) is 0 Å². The first-order valence-corrected chi connectivity index (χ1v) is 8.01. The number of nitrogen functional groups attached to an aromatic ring is 1. The van der Waals surface area contributed by atoms with Crippen LogP contribution >= 0.6 is 12.6 Å². The molecule has 1 fully saturated rings. The van der Waals surface area contributed by atoms with E-state index in [1.807, 2.05) is 27.7 Å². The molecule has 0 spiro atoms. The van der Waals surface area contributed by atoms with Gasteiger partial charge in [-0.1, -0.05) is 6.08 Å². The lowest BCUT2D eigenvalue weighted by atomic mass is 9.78. The van der Waals surface area contributed by atoms with Crippen molar-refractivity contribution in [2.45, 2.75) is 45.1 Å². The van der Waals surface area contributed by atoms with Gasteiger partial charge in [-0.3, -0.25) is 0 Å². The Morgan fingerprint density at radius 2 is 1.79 bits per heavy atom. The average molecular weight is 360 g/mol. The molecule has 2 heterocycles. The Morgan fingerprint density at radius 1 is 1.25 bits per heavy atom. The van der Waals surface area contributed by atoms with Crippen LogP contribution in [0.5, 0.6) is 0 Å². The van der Waals surface area contributed by atoms with Crippen molar-refractivity contribution in [2.24, 2.45) is 0 Å². The maximum Gasteiger partial charge on any atom is 0.491 e. The van der Waals surface area contributed by atoms with Crippen LogP contribution in [0.1, 0.15) is 39.0 Å². The van der Waals surface area contributed by atoms with Gasteiger partial charge < -0.3 is 15.0 Å². The third-order valence-electron chi connectivity index (χ3n) is 4.30. The Labute approximate surface area is 145 Å². The highest BCUT2D eigenvalue weighted by molar-refractivity contribution is 7.80. The summed E-state index contributed by atoms with van der Waals surface area (Å²) in [4.78, 5) is 3.42. The van der Waals surface area contributed by atoms with E-state index in [9.17, 15) is 13.2 Å². The minimum Gasteiger partial charge on any atom is -0.400 e. The number of nitrogens with two attached hydrogens (primary N) is 1. The van der Waals surface area contributed by atoms with Crippen LogP contribution in [0.25, 0.3) is 6.08 Å². The van der Waals surface area contributed by atoms with Gasteiger partial charge in [0.15, 0.2) is 5.69 Å². The zero-order valence-electron chi connectivity index (χ0n) is 13.9. The van der Waals surface area contributed by atoms with Crippen molar-refractivity contribution in [2.75, 3.05) is 11.5 Å². The number of rotatable bonds is 3. The molecule has 1 aliphatic heterocycles. The number of halogens is 3. The molecule has 4 nitrogen and oxygen atoms in total. The molecule has 1 aromatic rings. The molecule has 0 amide bonds. The maximum atomic E-state index is 13.2. The van der Waals surface area contributed by atoms with Crippen LogP contribution in [0.4, 0.5) is 19.0 Å². The monoisotopic (exact) mass is 360 g/mol. The Bertz CT molecular complexity index is 647. The predicted octanol–water partition coefficient (Wildman–Crippen LogP) is 3.63. The normalized spacial score (nSPS) is 20.5. The SMILES string of the molecule is CC1(C)OB(C(=Cc2ccc(N)nc2C(F)(F)F)CS)OC1(C)C. The number of alkyl halides is 3. The first kappa shape index (κ1) is 19.1. The minimum absolute atomic E-state index is 0.101. The van der Waals surface area contributed by atoms with Crippen molar-refractivity contribution in [1.82, 2.24) is 4.98 Å². The van der Waals surface area contributed by atoms with Gasteiger partial charge in [0.25, 0.3) is 0 Å². The minimum atomic E-state index is -4.61. The third kappa shape index (κ3) is 3.73. The fourth-order valence-electron chi connectivity index (χ4n) is 2.21. The van der Waals surface area contributed by atoms with E-state index in [-0.39, 0.29) is 17.1 Å². The number of nitrogens with zero attached hydrogens (tertiary/aromatic N) is 1. The number of aromatic nitrogens is 1. The third-order valence-corrected chi connectivity index (χ3v) is 4.66. The van der Waals surface area contributed by atoms with Gasteiger partial charge in [0, 0.05) is 11.3 Å². The molecule has 2 N–H and O–H groups in total. The van der Waals surface area contributed by atoms with Crippen molar-refractivity contribution in [3.05, 3.63) is 28.9 Å². The van der Waals surface area contributed by atoms with E-state index in [4.69, 9.17) is 15.0 Å². The maximum absolute atomic E-state index is 13.2. The quantitative estimate of drug-likeness (QED) is 0.639. The summed E-state index contributed by atoms with van der Waals surface area (Å²) in [5, 5.41) is 0. The summed E-state index contributed by atoms with van der Waals surface area (Å²) < 4.78 is 51.3. The van der Waals surface area contributed by atoms with Crippen molar-refractivity contribution < 1.29 is 22.5 Å². The molecule has 9 heteroatoms. The fourth-order valence-corrected chi connectivity index (χ4v) is 2.45. The summed E-state index contributed by atoms with van der Waals surface area (Å²) in [6.45, 7) is 7.48. The number of thiol groups is 1. The number of hydrogen-bond acceptors (Lipinski definition) is 5. The van der Waals surface area contributed by atoms with E-state index >= 15 is 0 Å². The zero-order chi connectivity index (χ0) is 18.3. The Morgan fingerprint density at radius 3 is 2.25 bits per heavy atom. The molecule has 2 rings (SSSR count). The summed E-state index contributed by atoms with van der Waals surface area (Å²) in [7, 11) is -0.772. The van der Waals surface area contributed by atoms with Gasteiger partial charge in [-0.05, 0) is 45.3 Å². The Balaban J connectivity index is 2.43. The van der Waals surface area contributed by atoms with Gasteiger partial charge in [0.2, 0.25) is 0 Å². The lowest BCUT2D eigenvalue weighted by Crippen LogP contribution is -2.41. The summed E-state index contributed by atoms with van der Waals surface area (Å²) in [5.41, 5.74) is 3.54. The summed E-state index contributed by atoms with van der Waals surface area (Å²) in [5.74, 6) is -0.0130. The first-order chi connectivity index (χ1) is 10.9. The molecule has 0 atom stereocenters. The van der Waals surface area contributed by atoms with Gasteiger partial charge in [-0.25, -0.2) is 4.98 Å². The smallest absolute Gasteiger partial charge is 0.400 e. The van der Waals surface area contributed by atoms with Crippen LogP contribution in [0, 0.1) is 0 Å². The van der Waals surface area contributed by atoms with Gasteiger partial charge in [0.05, 0.1) is 11.2 Å². The van der Waals surface area contributed by atoms with Crippen molar-refractivity contribution >= 4 is 31.6 Å². The fraction of sp³-hybridized carbons (Fsp3) is 0.533. The summed E-state index contributed by atoms with van der Waals surface area (Å²) in [6.07, 6.45) is -3.26. The molecular formula is C15H20BF3N2O2S. The Hall–Kier alpha value is -1.19. The highest BCUT2D eigenvalue weighted by Crippen LogP contribution is 2.39. The second kappa shape index (κ2) is 6.27. The summed E-state index contributed by atoms with van der Waals surface area (Å²) in [6, 6.07) is 2.60. The summed E-state index contributed by atoms with van der Waals surface area (Å²) >= 11 is 4.21. The topological polar surface area (TPSA) is 57.4 Å². The Kier molecular flexibility index (Phi) is 5.00.